The van der Waals surface area contributed by atoms with Crippen LogP contribution in [0.2, 0.25) is 0 Å². The third-order valence-corrected chi connectivity index (χ3v) is 7.87. The van der Waals surface area contributed by atoms with Crippen LogP contribution in [0.3, 0.4) is 0 Å². The largest absolute Gasteiger partial charge is 0.443 e. The van der Waals surface area contributed by atoms with Crippen LogP contribution in [0, 0.1) is 12.8 Å². The van der Waals surface area contributed by atoms with Crippen LogP contribution in [0.15, 0.2) is 40.1 Å². The van der Waals surface area contributed by atoms with Crippen LogP contribution in [0.5, 0.6) is 0 Å². The van der Waals surface area contributed by atoms with Gasteiger partial charge in [0.1, 0.15) is 22.5 Å². The van der Waals surface area contributed by atoms with Gasteiger partial charge in [-0.3, -0.25) is 19.2 Å². The molecule has 3 heterocycles. The number of nitrogens with one attached hydrogen (secondary N) is 3. The van der Waals surface area contributed by atoms with Gasteiger partial charge in [-0.2, -0.15) is 0 Å². The van der Waals surface area contributed by atoms with Crippen molar-refractivity contribution in [2.24, 2.45) is 11.7 Å². The Labute approximate surface area is 260 Å². The highest BCUT2D eigenvalue weighted by Crippen LogP contribution is 2.27. The number of aryl methyl sites for hydroxylation is 1. The zero-order chi connectivity index (χ0) is 30.2. The topological polar surface area (TPSA) is 173 Å². The summed E-state index contributed by atoms with van der Waals surface area (Å²) < 4.78 is 5.95. The van der Waals surface area contributed by atoms with Gasteiger partial charge in [0.15, 0.2) is 5.69 Å². The van der Waals surface area contributed by atoms with Gasteiger partial charge in [-0.15, -0.1) is 23.7 Å². The molecule has 1 aliphatic rings. The Hall–Kier alpha value is -3.81. The molecular formula is C29H38ClN7O5S. The van der Waals surface area contributed by atoms with Gasteiger partial charge in [-0.25, -0.2) is 9.97 Å². The van der Waals surface area contributed by atoms with Crippen LogP contribution in [0.1, 0.15) is 82.0 Å². The van der Waals surface area contributed by atoms with Gasteiger partial charge in [0, 0.05) is 37.9 Å². The molecule has 0 saturated heterocycles. The smallest absolute Gasteiger partial charge is 0.274 e. The summed E-state index contributed by atoms with van der Waals surface area (Å²) in [5.74, 6) is -0.853. The van der Waals surface area contributed by atoms with Gasteiger partial charge in [0.25, 0.3) is 11.8 Å². The Kier molecular flexibility index (Phi) is 12.2. The monoisotopic (exact) mass is 631 g/mol. The maximum atomic E-state index is 13.4. The van der Waals surface area contributed by atoms with Crippen molar-refractivity contribution >= 4 is 47.4 Å². The second-order valence-electron chi connectivity index (χ2n) is 10.5. The predicted octanol–water partition coefficient (Wildman–Crippen LogP) is 2.70. The molecule has 4 bridgehead atoms. The molecule has 1 aliphatic heterocycles. The molecule has 43 heavy (non-hydrogen) atoms. The number of aromatic nitrogens is 2. The summed E-state index contributed by atoms with van der Waals surface area (Å²) in [6.45, 7) is 6.09. The first-order valence-electron chi connectivity index (χ1n) is 14.0. The SMILES string of the molecule is Cc1oc2nc1C(=O)N[C@@H](C(C)C)c1nc(cs1)C(=O)NCCN(C(=O)CN)CCCC(=O)N[C@H]2Cc1ccccc1.Cl. The number of oxazole rings is 1. The van der Waals surface area contributed by atoms with Crippen molar-refractivity contribution in [2.75, 3.05) is 26.2 Å². The fourth-order valence-electron chi connectivity index (χ4n) is 4.67. The minimum Gasteiger partial charge on any atom is -0.443 e. The van der Waals surface area contributed by atoms with E-state index in [2.05, 4.69) is 25.9 Å². The first kappa shape index (κ1) is 33.7. The highest BCUT2D eigenvalue weighted by Gasteiger charge is 2.29. The molecule has 0 aliphatic carbocycles. The summed E-state index contributed by atoms with van der Waals surface area (Å²) in [6.07, 6.45) is 0.923. The molecule has 0 fully saturated rings. The zero-order valence-corrected chi connectivity index (χ0v) is 26.1. The first-order valence-corrected chi connectivity index (χ1v) is 14.9. The van der Waals surface area contributed by atoms with E-state index in [1.54, 1.807) is 12.3 Å². The lowest BCUT2D eigenvalue weighted by atomic mass is 10.0. The summed E-state index contributed by atoms with van der Waals surface area (Å²) in [7, 11) is 0. The maximum absolute atomic E-state index is 13.4. The molecule has 2 atom stereocenters. The molecule has 4 amide bonds. The van der Waals surface area contributed by atoms with Gasteiger partial charge < -0.3 is 31.0 Å². The highest BCUT2D eigenvalue weighted by molar-refractivity contribution is 7.09. The van der Waals surface area contributed by atoms with E-state index in [1.165, 1.54) is 16.2 Å². The Morgan fingerprint density at radius 1 is 1.12 bits per heavy atom. The number of amides is 4. The number of benzene rings is 1. The van der Waals surface area contributed by atoms with E-state index in [9.17, 15) is 19.2 Å². The lowest BCUT2D eigenvalue weighted by Gasteiger charge is -2.22. The Morgan fingerprint density at radius 2 is 1.86 bits per heavy atom. The average Bonchev–Trinajstić information content (AvgIpc) is 3.61. The van der Waals surface area contributed by atoms with Gasteiger partial charge >= 0.3 is 0 Å². The third-order valence-electron chi connectivity index (χ3n) is 6.94. The molecule has 0 unspecified atom stereocenters. The summed E-state index contributed by atoms with van der Waals surface area (Å²) in [4.78, 5) is 62.2. The zero-order valence-electron chi connectivity index (χ0n) is 24.4. The lowest BCUT2D eigenvalue weighted by molar-refractivity contribution is -0.130. The van der Waals surface area contributed by atoms with Crippen LogP contribution in [0.4, 0.5) is 0 Å². The Bertz CT molecular complexity index is 1410. The second-order valence-corrected chi connectivity index (χ2v) is 11.4. The second kappa shape index (κ2) is 15.6. The summed E-state index contributed by atoms with van der Waals surface area (Å²) in [5.41, 5.74) is 6.90. The van der Waals surface area contributed by atoms with E-state index in [-0.39, 0.29) is 79.4 Å². The predicted molar refractivity (Wildman–Crippen MR) is 164 cm³/mol. The number of thiazole rings is 1. The fourth-order valence-corrected chi connectivity index (χ4v) is 5.69. The van der Waals surface area contributed by atoms with Crippen LogP contribution in [-0.4, -0.2) is 64.7 Å². The molecule has 0 saturated carbocycles. The molecule has 0 radical (unpaired) electrons. The van der Waals surface area contributed by atoms with Crippen molar-refractivity contribution in [1.29, 1.82) is 0 Å². The van der Waals surface area contributed by atoms with E-state index in [0.717, 1.165) is 5.56 Å². The number of hydrogen-bond donors (Lipinski definition) is 4. The van der Waals surface area contributed by atoms with E-state index < -0.39 is 18.0 Å². The molecule has 0 spiro atoms. The van der Waals surface area contributed by atoms with Crippen molar-refractivity contribution in [2.45, 2.75) is 52.1 Å². The highest BCUT2D eigenvalue weighted by atomic mass is 35.5. The quantitative estimate of drug-likeness (QED) is 0.340. The van der Waals surface area contributed by atoms with Crippen LogP contribution < -0.4 is 21.7 Å². The summed E-state index contributed by atoms with van der Waals surface area (Å²) in [5, 5.41) is 11.0. The number of nitrogens with zero attached hydrogens (tertiary/aromatic N) is 3. The fraction of sp³-hybridized carbons (Fsp3) is 0.448. The standard InChI is InChI=1S/C29H37N7O5S.ClH/c1-17(2)24-29-33-21(16-42-29)26(39)31-11-13-36(23(38)15-30)12-7-10-22(37)32-20(14-19-8-5-4-6-9-19)28-35-25(18(3)41-28)27(40)34-24;/h4-6,8-9,16-17,20,24H,7,10-15,30H2,1-3H3,(H,31,39)(H,32,37)(H,34,40);1H/t20-,24-;/m0./s1. The van der Waals surface area contributed by atoms with Gasteiger partial charge in [-0.1, -0.05) is 44.2 Å². The first-order chi connectivity index (χ1) is 20.2. The minimum atomic E-state index is -0.620. The molecule has 3 aromatic rings. The van der Waals surface area contributed by atoms with Crippen molar-refractivity contribution in [3.63, 3.8) is 0 Å². The molecule has 14 heteroatoms. The van der Waals surface area contributed by atoms with Crippen molar-refractivity contribution < 1.29 is 23.6 Å². The number of halogens is 1. The number of rotatable bonds is 4. The molecule has 4 rings (SSSR count). The van der Waals surface area contributed by atoms with Crippen LogP contribution >= 0.6 is 23.7 Å². The Morgan fingerprint density at radius 3 is 2.56 bits per heavy atom. The third kappa shape index (κ3) is 8.85. The van der Waals surface area contributed by atoms with Crippen LogP contribution in [0.25, 0.3) is 0 Å². The summed E-state index contributed by atoms with van der Waals surface area (Å²) in [6, 6.07) is 8.50. The molecule has 5 N–H and O–H groups in total. The number of fused-ring (bicyclic) bond motifs is 4. The van der Waals surface area contributed by atoms with E-state index in [4.69, 9.17) is 10.2 Å². The molecule has 12 nitrogen and oxygen atoms in total. The molecular weight excluding hydrogens is 594 g/mol. The Balaban J connectivity index is 0.00000506. The van der Waals surface area contributed by atoms with Crippen molar-refractivity contribution in [3.8, 4) is 0 Å². The normalized spacial score (nSPS) is 18.7. The number of carbonyl (C=O) groups excluding carboxylic acids is 4. The summed E-state index contributed by atoms with van der Waals surface area (Å²) >= 11 is 1.28. The van der Waals surface area contributed by atoms with E-state index >= 15 is 0 Å². The molecule has 2 aromatic heterocycles. The molecule has 1 aromatic carbocycles. The van der Waals surface area contributed by atoms with E-state index in [0.29, 0.717) is 30.2 Å². The lowest BCUT2D eigenvalue weighted by Crippen LogP contribution is -2.42. The van der Waals surface area contributed by atoms with Crippen LogP contribution in [-0.2, 0) is 16.0 Å². The average molecular weight is 632 g/mol. The number of carbonyl (C=O) groups is 4. The van der Waals surface area contributed by atoms with Gasteiger partial charge in [-0.05, 0) is 24.8 Å². The number of nitrogens with two attached hydrogens (primary N) is 1. The van der Waals surface area contributed by atoms with Crippen molar-refractivity contribution in [3.05, 3.63) is 69.3 Å². The minimum absolute atomic E-state index is 0. The van der Waals surface area contributed by atoms with Gasteiger partial charge in [0.2, 0.25) is 17.7 Å². The van der Waals surface area contributed by atoms with E-state index in [1.807, 2.05) is 44.2 Å². The van der Waals surface area contributed by atoms with Gasteiger partial charge in [0.05, 0.1) is 12.6 Å². The maximum Gasteiger partial charge on any atom is 0.274 e. The molecule has 232 valence electrons. The van der Waals surface area contributed by atoms with Crippen molar-refractivity contribution in [1.82, 2.24) is 30.8 Å². The number of hydrogen-bond acceptors (Lipinski definition) is 9.